The number of aromatic nitrogens is 2. The minimum atomic E-state index is -3.89. The average molecular weight is 626 g/mol. The number of benzene rings is 4. The number of aryl methyl sites for hydroxylation is 2. The van der Waals surface area contributed by atoms with Crippen LogP contribution in [0.15, 0.2) is 107 Å². The van der Waals surface area contributed by atoms with Crippen LogP contribution in [-0.2, 0) is 20.0 Å². The number of halogens is 1. The van der Waals surface area contributed by atoms with Crippen molar-refractivity contribution in [1.29, 1.82) is 10.5 Å². The Balaban J connectivity index is 0.000000175. The second kappa shape index (κ2) is 11.3. The molecule has 2 aromatic heterocycles. The minimum absolute atomic E-state index is 0.0584. The van der Waals surface area contributed by atoms with Gasteiger partial charge in [-0.1, -0.05) is 35.4 Å². The van der Waals surface area contributed by atoms with E-state index in [4.69, 9.17) is 11.0 Å². The van der Waals surface area contributed by atoms with Crippen molar-refractivity contribution in [3.05, 3.63) is 125 Å². The Morgan fingerprint density at radius 3 is 1.48 bits per heavy atom. The number of fused-ring (bicyclic) bond motifs is 2. The zero-order valence-electron chi connectivity index (χ0n) is 23.4. The van der Waals surface area contributed by atoms with E-state index < -0.39 is 25.9 Å². The fraction of sp³-hybridized carbons (Fsp3) is 0.0625. The van der Waals surface area contributed by atoms with Gasteiger partial charge >= 0.3 is 0 Å². The largest absolute Gasteiger partial charge is 0.398 e. The summed E-state index contributed by atoms with van der Waals surface area (Å²) in [6.07, 6.45) is 2.70. The van der Waals surface area contributed by atoms with E-state index in [1.54, 1.807) is 48.5 Å². The first-order chi connectivity index (χ1) is 20.9. The Kier molecular flexibility index (Phi) is 7.74. The molecule has 0 fully saturated rings. The number of hydrogen-bond acceptors (Lipinski definition) is 7. The number of rotatable bonds is 4. The van der Waals surface area contributed by atoms with Crippen molar-refractivity contribution in [1.82, 2.24) is 7.94 Å². The molecular weight excluding hydrogens is 602 g/mol. The van der Waals surface area contributed by atoms with Crippen molar-refractivity contribution in [3.63, 3.8) is 0 Å². The van der Waals surface area contributed by atoms with Gasteiger partial charge in [0.15, 0.2) is 0 Å². The molecule has 220 valence electrons. The van der Waals surface area contributed by atoms with Crippen LogP contribution in [0.25, 0.3) is 21.8 Å². The van der Waals surface area contributed by atoms with Crippen LogP contribution in [0.2, 0.25) is 0 Å². The summed E-state index contributed by atoms with van der Waals surface area (Å²) in [5.41, 5.74) is 8.96. The van der Waals surface area contributed by atoms with Gasteiger partial charge in [0.1, 0.15) is 18.0 Å². The molecule has 0 saturated carbocycles. The van der Waals surface area contributed by atoms with E-state index in [-0.39, 0.29) is 31.8 Å². The van der Waals surface area contributed by atoms with Gasteiger partial charge in [-0.25, -0.2) is 29.2 Å². The summed E-state index contributed by atoms with van der Waals surface area (Å²) in [6.45, 7) is 3.74. The Bertz CT molecular complexity index is 2190. The van der Waals surface area contributed by atoms with Crippen molar-refractivity contribution in [2.45, 2.75) is 23.6 Å². The zero-order valence-corrected chi connectivity index (χ0v) is 25.1. The fourth-order valence-corrected chi connectivity index (χ4v) is 7.41. The van der Waals surface area contributed by atoms with Gasteiger partial charge in [-0.3, -0.25) is 0 Å². The topological polar surface area (TPSA) is 152 Å². The SMILES string of the molecule is Cc1ccc(S(=O)(=O)n2ccc3c(F)ccc(C#N)c32)cc1.Cc1ccc(S(=O)(=O)n2ccc3c(N)ccc(C#N)c32)cc1. The molecule has 0 atom stereocenters. The molecular formula is C32H24FN5O4S2. The first kappa shape index (κ1) is 30.0. The summed E-state index contributed by atoms with van der Waals surface area (Å²) >= 11 is 0. The molecule has 6 aromatic rings. The van der Waals surface area contributed by atoms with Crippen LogP contribution in [0.4, 0.5) is 10.1 Å². The maximum Gasteiger partial charge on any atom is 0.268 e. The van der Waals surface area contributed by atoms with Gasteiger partial charge in [0.25, 0.3) is 20.0 Å². The van der Waals surface area contributed by atoms with Gasteiger partial charge in [-0.2, -0.15) is 10.5 Å². The number of nitriles is 2. The highest BCUT2D eigenvalue weighted by atomic mass is 32.2. The molecule has 0 aliphatic carbocycles. The van der Waals surface area contributed by atoms with Gasteiger partial charge in [0, 0.05) is 28.9 Å². The predicted octanol–water partition coefficient (Wildman–Crippen LogP) is 5.84. The maximum atomic E-state index is 13.8. The van der Waals surface area contributed by atoms with Crippen LogP contribution in [0.5, 0.6) is 0 Å². The zero-order chi connectivity index (χ0) is 31.8. The van der Waals surface area contributed by atoms with Gasteiger partial charge in [0.2, 0.25) is 0 Å². The van der Waals surface area contributed by atoms with E-state index in [1.807, 2.05) is 26.0 Å². The molecule has 0 aliphatic heterocycles. The van der Waals surface area contributed by atoms with Gasteiger partial charge in [-0.05, 0) is 74.5 Å². The van der Waals surface area contributed by atoms with E-state index in [2.05, 4.69) is 0 Å². The molecule has 0 unspecified atom stereocenters. The van der Waals surface area contributed by atoms with E-state index in [0.717, 1.165) is 25.1 Å². The maximum absolute atomic E-state index is 13.8. The van der Waals surface area contributed by atoms with Crippen LogP contribution < -0.4 is 5.73 Å². The molecule has 9 nitrogen and oxygen atoms in total. The third-order valence-electron chi connectivity index (χ3n) is 7.01. The number of nitrogens with zero attached hydrogens (tertiary/aromatic N) is 4. The second-order valence-corrected chi connectivity index (χ2v) is 13.5. The lowest BCUT2D eigenvalue weighted by Crippen LogP contribution is -2.12. The molecule has 2 heterocycles. The third kappa shape index (κ3) is 5.17. The number of nitrogen functional groups attached to an aromatic ring is 1. The molecule has 0 spiro atoms. The van der Waals surface area contributed by atoms with Crippen LogP contribution in [0, 0.1) is 42.3 Å². The molecule has 12 heteroatoms. The monoisotopic (exact) mass is 625 g/mol. The van der Waals surface area contributed by atoms with E-state index >= 15 is 0 Å². The standard InChI is InChI=1S/C16H11FN2O2S.C16H13N3O2S/c1-11-2-5-13(6-3-11)22(20,21)19-9-8-14-15(17)7-4-12(10-18)16(14)19;1-11-2-5-13(6-3-11)22(20,21)19-9-8-14-15(18)7-4-12(10-17)16(14)19/h2-9H,1H3;2-9H,18H2,1H3. The van der Waals surface area contributed by atoms with Crippen LogP contribution in [0.1, 0.15) is 22.3 Å². The van der Waals surface area contributed by atoms with Gasteiger partial charge < -0.3 is 5.73 Å². The number of hydrogen-bond donors (Lipinski definition) is 1. The van der Waals surface area contributed by atoms with Crippen LogP contribution in [-0.4, -0.2) is 24.8 Å². The highest BCUT2D eigenvalue weighted by molar-refractivity contribution is 7.90. The average Bonchev–Trinajstić information content (AvgIpc) is 3.66. The Morgan fingerprint density at radius 2 is 1.02 bits per heavy atom. The third-order valence-corrected chi connectivity index (χ3v) is 10.4. The Hall–Kier alpha value is -5.43. The molecule has 0 amide bonds. The summed E-state index contributed by atoms with van der Waals surface area (Å²) in [5.74, 6) is -0.563. The molecule has 0 bridgehead atoms. The van der Waals surface area contributed by atoms with Gasteiger partial charge in [0.05, 0.1) is 32.0 Å². The lowest BCUT2D eigenvalue weighted by molar-refractivity contribution is 0.587. The van der Waals surface area contributed by atoms with Crippen molar-refractivity contribution in [2.75, 3.05) is 5.73 Å². The summed E-state index contributed by atoms with van der Waals surface area (Å²) in [5, 5.41) is 19.1. The van der Waals surface area contributed by atoms with E-state index in [1.165, 1.54) is 42.7 Å². The fourth-order valence-electron chi connectivity index (χ4n) is 4.68. The molecule has 0 radical (unpaired) electrons. The minimum Gasteiger partial charge on any atom is -0.398 e. The van der Waals surface area contributed by atoms with E-state index in [0.29, 0.717) is 16.6 Å². The summed E-state index contributed by atoms with van der Waals surface area (Å²) in [6, 6.07) is 25.4. The van der Waals surface area contributed by atoms with Crippen molar-refractivity contribution >= 4 is 47.5 Å². The lowest BCUT2D eigenvalue weighted by Gasteiger charge is -2.09. The second-order valence-electron chi connectivity index (χ2n) is 9.90. The first-order valence-corrected chi connectivity index (χ1v) is 15.9. The normalized spacial score (nSPS) is 11.5. The van der Waals surface area contributed by atoms with Crippen LogP contribution in [0.3, 0.4) is 0 Å². The van der Waals surface area contributed by atoms with Crippen molar-refractivity contribution in [3.8, 4) is 12.1 Å². The number of nitrogens with two attached hydrogens (primary N) is 1. The molecule has 0 saturated heterocycles. The highest BCUT2D eigenvalue weighted by Gasteiger charge is 2.23. The molecule has 4 aromatic carbocycles. The van der Waals surface area contributed by atoms with Crippen LogP contribution >= 0.6 is 0 Å². The van der Waals surface area contributed by atoms with E-state index in [9.17, 15) is 26.5 Å². The smallest absolute Gasteiger partial charge is 0.268 e. The van der Waals surface area contributed by atoms with Crippen molar-refractivity contribution < 1.29 is 21.2 Å². The predicted molar refractivity (Wildman–Crippen MR) is 165 cm³/mol. The molecule has 2 N–H and O–H groups in total. The molecule has 6 rings (SSSR count). The summed E-state index contributed by atoms with van der Waals surface area (Å²) in [4.78, 5) is 0.255. The highest BCUT2D eigenvalue weighted by Crippen LogP contribution is 2.29. The number of anilines is 1. The Labute approximate surface area is 253 Å². The summed E-state index contributed by atoms with van der Waals surface area (Å²) in [7, 11) is -7.67. The van der Waals surface area contributed by atoms with Crippen molar-refractivity contribution in [2.24, 2.45) is 0 Å². The Morgan fingerprint density at radius 1 is 0.614 bits per heavy atom. The molecule has 0 aliphatic rings. The summed E-state index contributed by atoms with van der Waals surface area (Å²) < 4.78 is 67.0. The first-order valence-electron chi connectivity index (χ1n) is 13.0. The lowest BCUT2D eigenvalue weighted by atomic mass is 10.1. The quantitative estimate of drug-likeness (QED) is 0.242. The molecule has 44 heavy (non-hydrogen) atoms. The van der Waals surface area contributed by atoms with Gasteiger partial charge in [-0.15, -0.1) is 0 Å².